The molecule has 1 aromatic carbocycles. The van der Waals surface area contributed by atoms with E-state index in [0.29, 0.717) is 5.95 Å². The first kappa shape index (κ1) is 18.1. The van der Waals surface area contributed by atoms with Crippen LogP contribution in [0.25, 0.3) is 0 Å². The second-order valence-electron chi connectivity index (χ2n) is 5.10. The molecule has 128 valence electrons. The van der Waals surface area contributed by atoms with Crippen LogP contribution in [0.3, 0.4) is 0 Å². The molecule has 4 N–H and O–H groups in total. The lowest BCUT2D eigenvalue weighted by molar-refractivity contribution is 0.0953. The highest BCUT2D eigenvalue weighted by molar-refractivity contribution is 6.30. The Balaban J connectivity index is 0.00000100. The minimum absolute atomic E-state index is 0.0847. The Bertz CT molecular complexity index is 719. The first-order valence-corrected chi connectivity index (χ1v) is 7.98. The molecule has 8 heteroatoms. The molecule has 1 heterocycles. The Labute approximate surface area is 144 Å². The third-order valence-corrected chi connectivity index (χ3v) is 3.91. The van der Waals surface area contributed by atoms with Gasteiger partial charge in [0.05, 0.1) is 16.1 Å². The van der Waals surface area contributed by atoms with Crippen LogP contribution in [0.2, 0.25) is 5.02 Å². The number of nitrogens with zero attached hydrogens (tertiary/aromatic N) is 2. The van der Waals surface area contributed by atoms with E-state index in [4.69, 9.17) is 17.4 Å². The number of rotatable bonds is 4. The number of hydrogen-bond donors (Lipinski definition) is 3. The number of nitrogen functional groups attached to an aromatic ring is 1. The number of halogens is 2. The van der Waals surface area contributed by atoms with Gasteiger partial charge in [-0.15, -0.1) is 0 Å². The fourth-order valence-corrected chi connectivity index (χ4v) is 2.39. The van der Waals surface area contributed by atoms with Crippen LogP contribution in [0.1, 0.15) is 42.6 Å². The summed E-state index contributed by atoms with van der Waals surface area (Å²) in [4.78, 5) is 19.5. The molecule has 2 aromatic rings. The second kappa shape index (κ2) is 7.55. The number of benzene rings is 1. The van der Waals surface area contributed by atoms with E-state index in [0.717, 1.165) is 18.4 Å². The van der Waals surface area contributed by atoms with Crippen molar-refractivity contribution in [2.75, 3.05) is 5.32 Å². The van der Waals surface area contributed by atoms with Gasteiger partial charge >= 0.3 is 0 Å². The van der Waals surface area contributed by atoms with Crippen molar-refractivity contribution in [1.82, 2.24) is 15.4 Å². The van der Waals surface area contributed by atoms with Crippen LogP contribution in [-0.2, 0) is 5.54 Å². The SMILES string of the molecule is CC.NNC(=O)c1cnc(NC2(c3ccc(F)c(Cl)c3)CC2)nc1. The van der Waals surface area contributed by atoms with Crippen LogP contribution in [0.15, 0.2) is 30.6 Å². The Kier molecular flexibility index (Phi) is 5.69. The number of carbonyl (C=O) groups excluding carboxylic acids is 1. The molecule has 1 fully saturated rings. The third-order valence-electron chi connectivity index (χ3n) is 3.62. The van der Waals surface area contributed by atoms with E-state index >= 15 is 0 Å². The zero-order valence-electron chi connectivity index (χ0n) is 13.4. The molecule has 1 aromatic heterocycles. The topological polar surface area (TPSA) is 92.9 Å². The van der Waals surface area contributed by atoms with E-state index in [1.807, 2.05) is 19.3 Å². The van der Waals surface area contributed by atoms with E-state index in [-0.39, 0.29) is 16.1 Å². The molecule has 1 aliphatic carbocycles. The standard InChI is InChI=1S/C14H13ClFN5O.C2H6/c15-10-5-9(1-2-11(10)16)14(3-4-14)20-13-18-6-8(7-19-13)12(22)21-17;1-2/h1-2,5-7H,3-4,17H2,(H,21,22)(H,18,19,20);1-2H3. The zero-order chi connectivity index (χ0) is 17.7. The Morgan fingerprint density at radius 3 is 2.42 bits per heavy atom. The molecule has 0 spiro atoms. The fourth-order valence-electron chi connectivity index (χ4n) is 2.21. The molecule has 1 amide bonds. The quantitative estimate of drug-likeness (QED) is 0.447. The summed E-state index contributed by atoms with van der Waals surface area (Å²) in [6.45, 7) is 4.00. The maximum atomic E-state index is 13.3. The lowest BCUT2D eigenvalue weighted by atomic mass is 10.1. The second-order valence-corrected chi connectivity index (χ2v) is 5.51. The van der Waals surface area contributed by atoms with Gasteiger partial charge in [-0.25, -0.2) is 20.2 Å². The lowest BCUT2D eigenvalue weighted by Gasteiger charge is -2.18. The van der Waals surface area contributed by atoms with Gasteiger partial charge in [-0.05, 0) is 30.5 Å². The van der Waals surface area contributed by atoms with Crippen molar-refractivity contribution in [3.05, 3.63) is 52.6 Å². The first-order chi connectivity index (χ1) is 11.5. The van der Waals surface area contributed by atoms with Crippen molar-refractivity contribution >= 4 is 23.5 Å². The van der Waals surface area contributed by atoms with Gasteiger partial charge in [-0.2, -0.15) is 0 Å². The largest absolute Gasteiger partial charge is 0.345 e. The highest BCUT2D eigenvalue weighted by Crippen LogP contribution is 2.48. The summed E-state index contributed by atoms with van der Waals surface area (Å²) < 4.78 is 13.3. The van der Waals surface area contributed by atoms with Gasteiger partial charge in [0.2, 0.25) is 5.95 Å². The highest BCUT2D eigenvalue weighted by Gasteiger charge is 2.45. The molecule has 0 atom stereocenters. The van der Waals surface area contributed by atoms with E-state index in [2.05, 4.69) is 15.3 Å². The molecule has 1 aliphatic rings. The van der Waals surface area contributed by atoms with Gasteiger partial charge in [0.1, 0.15) is 5.82 Å². The fraction of sp³-hybridized carbons (Fsp3) is 0.312. The normalized spacial score (nSPS) is 14.2. The summed E-state index contributed by atoms with van der Waals surface area (Å²) in [6.07, 6.45) is 4.49. The van der Waals surface area contributed by atoms with Crippen LogP contribution in [0, 0.1) is 5.82 Å². The minimum atomic E-state index is -0.460. The van der Waals surface area contributed by atoms with Crippen molar-refractivity contribution in [2.45, 2.75) is 32.2 Å². The van der Waals surface area contributed by atoms with Crippen LogP contribution in [0.4, 0.5) is 10.3 Å². The molecule has 0 saturated heterocycles. The number of carbonyl (C=O) groups is 1. The Hall–Kier alpha value is -2.25. The van der Waals surface area contributed by atoms with E-state index in [1.165, 1.54) is 18.5 Å². The number of nitrogens with one attached hydrogen (secondary N) is 2. The van der Waals surface area contributed by atoms with Gasteiger partial charge in [0.15, 0.2) is 0 Å². The molecule has 3 rings (SSSR count). The molecule has 0 unspecified atom stereocenters. The number of anilines is 1. The lowest BCUT2D eigenvalue weighted by Crippen LogP contribution is -2.30. The van der Waals surface area contributed by atoms with Crippen molar-refractivity contribution in [3.8, 4) is 0 Å². The summed E-state index contributed by atoms with van der Waals surface area (Å²) in [5.74, 6) is 4.51. The smallest absolute Gasteiger partial charge is 0.268 e. The Morgan fingerprint density at radius 1 is 1.29 bits per heavy atom. The van der Waals surface area contributed by atoms with Crippen LogP contribution in [-0.4, -0.2) is 15.9 Å². The van der Waals surface area contributed by atoms with Crippen molar-refractivity contribution in [3.63, 3.8) is 0 Å². The molecule has 1 saturated carbocycles. The number of amides is 1. The molecule has 0 aliphatic heterocycles. The summed E-state index contributed by atoms with van der Waals surface area (Å²) in [6, 6.07) is 4.64. The van der Waals surface area contributed by atoms with E-state index in [9.17, 15) is 9.18 Å². The van der Waals surface area contributed by atoms with E-state index in [1.54, 1.807) is 12.1 Å². The number of nitrogens with two attached hydrogens (primary N) is 1. The van der Waals surface area contributed by atoms with Crippen molar-refractivity contribution < 1.29 is 9.18 Å². The van der Waals surface area contributed by atoms with E-state index < -0.39 is 11.7 Å². The van der Waals surface area contributed by atoms with Crippen LogP contribution < -0.4 is 16.6 Å². The Morgan fingerprint density at radius 2 is 1.92 bits per heavy atom. The summed E-state index contributed by atoms with van der Waals surface area (Å²) in [5.41, 5.74) is 2.82. The zero-order valence-corrected chi connectivity index (χ0v) is 14.2. The molecular weight excluding hydrogens is 333 g/mol. The first-order valence-electron chi connectivity index (χ1n) is 7.61. The predicted octanol–water partition coefficient (Wildman–Crippen LogP) is 3.00. The van der Waals surface area contributed by atoms with Gasteiger partial charge in [-0.1, -0.05) is 31.5 Å². The van der Waals surface area contributed by atoms with Crippen LogP contribution >= 0.6 is 11.6 Å². The summed E-state index contributed by atoms with van der Waals surface area (Å²) in [7, 11) is 0. The van der Waals surface area contributed by atoms with Gasteiger partial charge in [0, 0.05) is 12.4 Å². The van der Waals surface area contributed by atoms with Gasteiger partial charge < -0.3 is 5.32 Å². The maximum absolute atomic E-state index is 13.3. The van der Waals surface area contributed by atoms with Gasteiger partial charge in [0.25, 0.3) is 5.91 Å². The van der Waals surface area contributed by atoms with Crippen LogP contribution in [0.5, 0.6) is 0 Å². The molecule has 0 bridgehead atoms. The molecule has 6 nitrogen and oxygen atoms in total. The highest BCUT2D eigenvalue weighted by atomic mass is 35.5. The molecular formula is C16H19ClFN5O. The minimum Gasteiger partial charge on any atom is -0.345 e. The molecule has 24 heavy (non-hydrogen) atoms. The third kappa shape index (κ3) is 3.80. The number of aromatic nitrogens is 2. The maximum Gasteiger partial charge on any atom is 0.268 e. The summed E-state index contributed by atoms with van der Waals surface area (Å²) >= 11 is 5.83. The van der Waals surface area contributed by atoms with Gasteiger partial charge in [-0.3, -0.25) is 10.2 Å². The average molecular weight is 352 g/mol. The summed E-state index contributed by atoms with van der Waals surface area (Å²) in [5, 5.41) is 3.29. The predicted molar refractivity (Wildman–Crippen MR) is 91.0 cm³/mol. The van der Waals surface area contributed by atoms with Crippen molar-refractivity contribution in [2.24, 2.45) is 5.84 Å². The molecule has 0 radical (unpaired) electrons. The average Bonchev–Trinajstić information content (AvgIpc) is 3.39. The number of hydrogen-bond acceptors (Lipinski definition) is 5. The number of hydrazine groups is 1. The monoisotopic (exact) mass is 351 g/mol. The van der Waals surface area contributed by atoms with Crippen molar-refractivity contribution in [1.29, 1.82) is 0 Å².